The maximum Gasteiger partial charge on any atom is 0.257 e. The molecule has 2 aromatic carbocycles. The van der Waals surface area contributed by atoms with Gasteiger partial charge < -0.3 is 19.1 Å². The lowest BCUT2D eigenvalue weighted by Crippen LogP contribution is -2.46. The third kappa shape index (κ3) is 5.84. The van der Waals surface area contributed by atoms with Crippen LogP contribution in [0.4, 0.5) is 0 Å². The van der Waals surface area contributed by atoms with E-state index in [0.29, 0.717) is 54.7 Å². The Balaban J connectivity index is 1.62. The fourth-order valence-corrected chi connectivity index (χ4v) is 4.76. The maximum absolute atomic E-state index is 13.7. The number of fused-ring (bicyclic) bond motifs is 2. The minimum atomic E-state index is -0.106. The van der Waals surface area contributed by atoms with Crippen LogP contribution in [-0.2, 0) is 11.2 Å². The number of benzene rings is 2. The number of para-hydroxylation sites is 2. The molecular weight excluding hydrogens is 442 g/mol. The first-order valence-corrected chi connectivity index (χ1v) is 12.6. The first-order valence-electron chi connectivity index (χ1n) is 12.6. The molecule has 7 heteroatoms. The summed E-state index contributed by atoms with van der Waals surface area (Å²) in [6.45, 7) is 8.52. The largest absolute Gasteiger partial charge is 0.491 e. The van der Waals surface area contributed by atoms with Gasteiger partial charge in [0.15, 0.2) is 5.58 Å². The summed E-state index contributed by atoms with van der Waals surface area (Å²) < 4.78 is 11.7. The number of rotatable bonds is 5. The monoisotopic (exact) mass is 477 g/mol. The van der Waals surface area contributed by atoms with Gasteiger partial charge >= 0.3 is 0 Å². The third-order valence-corrected chi connectivity index (χ3v) is 6.57. The molecule has 1 aliphatic heterocycles. The van der Waals surface area contributed by atoms with Gasteiger partial charge in [0.1, 0.15) is 18.1 Å². The number of hydrogen-bond donors (Lipinski definition) is 0. The molecule has 1 aromatic heterocycles. The second kappa shape index (κ2) is 11.4. The average Bonchev–Trinajstić information content (AvgIpc) is 3.26. The first kappa shape index (κ1) is 24.8. The molecule has 0 spiro atoms. The summed E-state index contributed by atoms with van der Waals surface area (Å²) in [5, 5.41) is 5.05. The average molecular weight is 478 g/mol. The lowest BCUT2D eigenvalue weighted by molar-refractivity contribution is -0.134. The van der Waals surface area contributed by atoms with E-state index in [9.17, 15) is 9.59 Å². The summed E-state index contributed by atoms with van der Waals surface area (Å²) >= 11 is 0. The van der Waals surface area contributed by atoms with Gasteiger partial charge in [-0.05, 0) is 56.4 Å². The predicted octanol–water partition coefficient (Wildman–Crippen LogP) is 4.95. The summed E-state index contributed by atoms with van der Waals surface area (Å²) in [5.41, 5.74) is 1.92. The summed E-state index contributed by atoms with van der Waals surface area (Å²) in [4.78, 5) is 30.6. The van der Waals surface area contributed by atoms with Gasteiger partial charge in [-0.15, -0.1) is 0 Å². The fraction of sp³-hybridized carbons (Fsp3) is 0.464. The molecule has 1 atom stereocenters. The number of aromatic nitrogens is 1. The van der Waals surface area contributed by atoms with Crippen LogP contribution in [0.5, 0.6) is 5.75 Å². The van der Waals surface area contributed by atoms with Crippen molar-refractivity contribution >= 4 is 22.8 Å². The summed E-state index contributed by atoms with van der Waals surface area (Å²) in [6, 6.07) is 14.9. The molecule has 0 bridgehead atoms. The zero-order valence-electron chi connectivity index (χ0n) is 20.9. The molecule has 2 heterocycles. The molecule has 1 aliphatic rings. The Bertz CT molecular complexity index is 1160. The molecule has 0 saturated heterocycles. The highest BCUT2D eigenvalue weighted by Gasteiger charge is 2.28. The van der Waals surface area contributed by atoms with Crippen LogP contribution in [-0.4, -0.2) is 59.1 Å². The molecular formula is C28H35N3O4. The Morgan fingerprint density at radius 1 is 1.09 bits per heavy atom. The summed E-state index contributed by atoms with van der Waals surface area (Å²) in [5.74, 6) is 0.967. The topological polar surface area (TPSA) is 75.9 Å². The molecule has 0 aliphatic carbocycles. The van der Waals surface area contributed by atoms with Crippen LogP contribution in [0.2, 0.25) is 0 Å². The lowest BCUT2D eigenvalue weighted by Gasteiger charge is -2.34. The van der Waals surface area contributed by atoms with Crippen LogP contribution in [0.3, 0.4) is 0 Å². The van der Waals surface area contributed by atoms with E-state index in [-0.39, 0.29) is 24.3 Å². The number of hydrogen-bond acceptors (Lipinski definition) is 5. The van der Waals surface area contributed by atoms with Crippen molar-refractivity contribution < 1.29 is 18.8 Å². The molecule has 4 rings (SSSR count). The van der Waals surface area contributed by atoms with E-state index in [2.05, 4.69) is 19.0 Å². The van der Waals surface area contributed by atoms with Crippen molar-refractivity contribution in [3.8, 4) is 5.75 Å². The number of carbonyl (C=O) groups is 2. The Kier molecular flexibility index (Phi) is 8.06. The van der Waals surface area contributed by atoms with E-state index in [4.69, 9.17) is 9.26 Å². The first-order chi connectivity index (χ1) is 17.0. The van der Waals surface area contributed by atoms with Crippen LogP contribution in [0.25, 0.3) is 11.0 Å². The van der Waals surface area contributed by atoms with Crippen LogP contribution < -0.4 is 4.74 Å². The van der Waals surface area contributed by atoms with E-state index in [1.54, 1.807) is 0 Å². The molecule has 0 radical (unpaired) electrons. The van der Waals surface area contributed by atoms with E-state index in [0.717, 1.165) is 24.6 Å². The Morgan fingerprint density at radius 2 is 1.83 bits per heavy atom. The minimum Gasteiger partial charge on any atom is -0.491 e. The summed E-state index contributed by atoms with van der Waals surface area (Å²) in [6.07, 6.45) is 2.63. The van der Waals surface area contributed by atoms with Crippen molar-refractivity contribution in [2.45, 2.75) is 52.5 Å². The summed E-state index contributed by atoms with van der Waals surface area (Å²) in [7, 11) is 0. The second-order valence-electron chi connectivity index (χ2n) is 9.57. The van der Waals surface area contributed by atoms with Gasteiger partial charge in [-0.3, -0.25) is 9.59 Å². The van der Waals surface area contributed by atoms with Crippen molar-refractivity contribution in [3.63, 3.8) is 0 Å². The molecule has 3 aromatic rings. The van der Waals surface area contributed by atoms with E-state index in [1.165, 1.54) is 0 Å². The van der Waals surface area contributed by atoms with Gasteiger partial charge in [-0.1, -0.05) is 43.3 Å². The van der Waals surface area contributed by atoms with E-state index in [1.807, 2.05) is 65.3 Å². The normalized spacial score (nSPS) is 17.6. The lowest BCUT2D eigenvalue weighted by atomic mass is 10.0. The number of carbonyl (C=O) groups excluding carboxylic acids is 2. The molecule has 0 fully saturated rings. The van der Waals surface area contributed by atoms with Crippen LogP contribution in [0, 0.1) is 5.92 Å². The molecule has 186 valence electrons. The van der Waals surface area contributed by atoms with Crippen molar-refractivity contribution in [1.29, 1.82) is 0 Å². The zero-order valence-corrected chi connectivity index (χ0v) is 20.9. The number of amides is 2. The number of nitrogens with zero attached hydrogens (tertiary/aromatic N) is 3. The molecule has 0 unspecified atom stereocenters. The van der Waals surface area contributed by atoms with Crippen molar-refractivity contribution in [2.24, 2.45) is 5.92 Å². The highest BCUT2D eigenvalue weighted by Crippen LogP contribution is 2.24. The van der Waals surface area contributed by atoms with E-state index < -0.39 is 0 Å². The SMILES string of the molecule is CCN1CCCCN(C(=O)Cc2noc3ccccc23)[C@@H](CC(C)C)COc2ccccc2C1=O. The van der Waals surface area contributed by atoms with Crippen LogP contribution in [0.1, 0.15) is 56.1 Å². The van der Waals surface area contributed by atoms with Gasteiger partial charge in [-0.25, -0.2) is 0 Å². The molecule has 35 heavy (non-hydrogen) atoms. The standard InChI is InChI=1S/C28H35N3O4/c1-4-30-15-9-10-16-31(27(32)18-24-22-11-5-8-14-26(22)35-29-24)21(17-20(2)3)19-34-25-13-7-6-12-23(25)28(30)33/h5-8,11-14,20-21H,4,9-10,15-19H2,1-3H3/t21-/m0/s1. The fourth-order valence-electron chi connectivity index (χ4n) is 4.76. The number of ether oxygens (including phenoxy) is 1. The Labute approximate surface area is 207 Å². The molecule has 7 nitrogen and oxygen atoms in total. The van der Waals surface area contributed by atoms with Gasteiger partial charge in [-0.2, -0.15) is 0 Å². The smallest absolute Gasteiger partial charge is 0.257 e. The maximum atomic E-state index is 13.7. The van der Waals surface area contributed by atoms with Crippen molar-refractivity contribution in [3.05, 3.63) is 59.8 Å². The zero-order chi connectivity index (χ0) is 24.8. The Morgan fingerprint density at radius 3 is 2.63 bits per heavy atom. The highest BCUT2D eigenvalue weighted by atomic mass is 16.5. The van der Waals surface area contributed by atoms with Gasteiger partial charge in [0, 0.05) is 25.0 Å². The Hall–Kier alpha value is -3.35. The minimum absolute atomic E-state index is 0.00470. The highest BCUT2D eigenvalue weighted by molar-refractivity contribution is 5.97. The van der Waals surface area contributed by atoms with Crippen LogP contribution in [0.15, 0.2) is 53.1 Å². The van der Waals surface area contributed by atoms with Gasteiger partial charge in [0.2, 0.25) is 5.91 Å². The molecule has 0 saturated carbocycles. The van der Waals surface area contributed by atoms with Crippen molar-refractivity contribution in [1.82, 2.24) is 15.0 Å². The second-order valence-corrected chi connectivity index (χ2v) is 9.57. The molecule has 0 N–H and O–H groups in total. The van der Waals surface area contributed by atoms with E-state index >= 15 is 0 Å². The third-order valence-electron chi connectivity index (χ3n) is 6.57. The quantitative estimate of drug-likeness (QED) is 0.520. The van der Waals surface area contributed by atoms with Gasteiger partial charge in [0.05, 0.1) is 18.0 Å². The molecule has 2 amide bonds. The van der Waals surface area contributed by atoms with Crippen molar-refractivity contribution in [2.75, 3.05) is 26.2 Å². The van der Waals surface area contributed by atoms with Gasteiger partial charge in [0.25, 0.3) is 5.91 Å². The van der Waals surface area contributed by atoms with Crippen LogP contribution >= 0.6 is 0 Å². The predicted molar refractivity (Wildman–Crippen MR) is 135 cm³/mol.